The summed E-state index contributed by atoms with van der Waals surface area (Å²) < 4.78 is 15.2. The first-order valence-electron chi connectivity index (χ1n) is 8.05. The van der Waals surface area contributed by atoms with Crippen molar-refractivity contribution >= 4 is 23.5 Å². The van der Waals surface area contributed by atoms with Crippen molar-refractivity contribution < 1.29 is 28.6 Å². The highest BCUT2D eigenvalue weighted by atomic mass is 16.5. The van der Waals surface area contributed by atoms with Crippen LogP contribution in [0.4, 0.5) is 5.69 Å². The minimum absolute atomic E-state index is 0.221. The van der Waals surface area contributed by atoms with Crippen LogP contribution in [0.2, 0.25) is 0 Å². The van der Waals surface area contributed by atoms with Crippen molar-refractivity contribution in [3.63, 3.8) is 0 Å². The molecule has 0 atom stereocenters. The van der Waals surface area contributed by atoms with E-state index in [1.165, 1.54) is 20.3 Å². The number of methoxy groups -OCH3 is 2. The molecule has 2 rings (SSSR count). The average molecular weight is 372 g/mol. The van der Waals surface area contributed by atoms with Gasteiger partial charge in [-0.2, -0.15) is 0 Å². The second-order valence-corrected chi connectivity index (χ2v) is 5.30. The lowest BCUT2D eigenvalue weighted by Crippen LogP contribution is -2.36. The van der Waals surface area contributed by atoms with Crippen LogP contribution in [-0.4, -0.2) is 45.2 Å². The third kappa shape index (κ3) is 5.74. The van der Waals surface area contributed by atoms with Crippen LogP contribution in [-0.2, 0) is 14.3 Å². The van der Waals surface area contributed by atoms with Gasteiger partial charge in [0.15, 0.2) is 18.1 Å². The molecule has 142 valence electrons. The van der Waals surface area contributed by atoms with Gasteiger partial charge in [0.2, 0.25) is 5.91 Å². The van der Waals surface area contributed by atoms with E-state index in [9.17, 15) is 14.4 Å². The molecule has 2 aromatic rings. The van der Waals surface area contributed by atoms with Crippen molar-refractivity contribution in [2.75, 3.05) is 32.7 Å². The molecule has 8 nitrogen and oxygen atoms in total. The van der Waals surface area contributed by atoms with Crippen LogP contribution < -0.4 is 20.1 Å². The SMILES string of the molecule is COC(=O)c1ccccc1NC(=O)CNC(=O)COc1ccccc1OC. The van der Waals surface area contributed by atoms with E-state index in [-0.39, 0.29) is 18.7 Å². The highest BCUT2D eigenvalue weighted by Gasteiger charge is 2.14. The summed E-state index contributed by atoms with van der Waals surface area (Å²) in [4.78, 5) is 35.6. The van der Waals surface area contributed by atoms with Crippen molar-refractivity contribution in [2.24, 2.45) is 0 Å². The number of benzene rings is 2. The van der Waals surface area contributed by atoms with E-state index in [4.69, 9.17) is 9.47 Å². The number of anilines is 1. The second kappa shape index (κ2) is 9.81. The number of esters is 1. The molecule has 0 heterocycles. The third-order valence-corrected chi connectivity index (χ3v) is 3.48. The lowest BCUT2D eigenvalue weighted by atomic mass is 10.2. The minimum Gasteiger partial charge on any atom is -0.493 e. The standard InChI is InChI=1S/C19H20N2O6/c1-25-15-9-5-6-10-16(15)27-12-18(23)20-11-17(22)21-14-8-4-3-7-13(14)19(24)26-2/h3-10H,11-12H2,1-2H3,(H,20,23)(H,21,22). The van der Waals surface area contributed by atoms with Gasteiger partial charge < -0.3 is 24.8 Å². The maximum atomic E-state index is 12.0. The zero-order valence-corrected chi connectivity index (χ0v) is 15.0. The number of para-hydroxylation sites is 3. The molecular formula is C19H20N2O6. The van der Waals surface area contributed by atoms with E-state index in [1.807, 2.05) is 0 Å². The third-order valence-electron chi connectivity index (χ3n) is 3.48. The molecule has 0 bridgehead atoms. The Balaban J connectivity index is 1.84. The highest BCUT2D eigenvalue weighted by molar-refractivity contribution is 6.02. The summed E-state index contributed by atoms with van der Waals surface area (Å²) in [7, 11) is 2.75. The van der Waals surface area contributed by atoms with Crippen molar-refractivity contribution in [2.45, 2.75) is 0 Å². The fourth-order valence-corrected chi connectivity index (χ4v) is 2.19. The summed E-state index contributed by atoms with van der Waals surface area (Å²) in [5, 5.41) is 5.00. The van der Waals surface area contributed by atoms with Crippen molar-refractivity contribution in [1.82, 2.24) is 5.32 Å². The van der Waals surface area contributed by atoms with Crippen LogP contribution in [0.5, 0.6) is 11.5 Å². The van der Waals surface area contributed by atoms with Gasteiger partial charge >= 0.3 is 5.97 Å². The average Bonchev–Trinajstić information content (AvgIpc) is 2.70. The zero-order chi connectivity index (χ0) is 19.6. The number of ether oxygens (including phenoxy) is 3. The number of hydrogen-bond donors (Lipinski definition) is 2. The maximum absolute atomic E-state index is 12.0. The first kappa shape index (κ1) is 19.8. The molecule has 2 N–H and O–H groups in total. The molecule has 0 unspecified atom stereocenters. The van der Waals surface area contributed by atoms with Crippen molar-refractivity contribution in [1.29, 1.82) is 0 Å². The Morgan fingerprint density at radius 1 is 0.889 bits per heavy atom. The predicted octanol–water partition coefficient (Wildman–Crippen LogP) is 1.62. The molecule has 0 aromatic heterocycles. The van der Waals surface area contributed by atoms with Gasteiger partial charge in [0.1, 0.15) is 0 Å². The van der Waals surface area contributed by atoms with Crippen LogP contribution in [0, 0.1) is 0 Å². The molecule has 2 aromatic carbocycles. The fraction of sp³-hybridized carbons (Fsp3) is 0.211. The molecule has 27 heavy (non-hydrogen) atoms. The lowest BCUT2D eigenvalue weighted by Gasteiger charge is -2.11. The van der Waals surface area contributed by atoms with E-state index < -0.39 is 17.8 Å². The summed E-state index contributed by atoms with van der Waals surface area (Å²) in [5.74, 6) is -0.608. The van der Waals surface area contributed by atoms with Gasteiger partial charge in [0.05, 0.1) is 32.0 Å². The van der Waals surface area contributed by atoms with Crippen LogP contribution in [0.1, 0.15) is 10.4 Å². The van der Waals surface area contributed by atoms with E-state index in [0.717, 1.165) is 0 Å². The van der Waals surface area contributed by atoms with Gasteiger partial charge in [-0.3, -0.25) is 9.59 Å². The molecule has 0 spiro atoms. The first-order chi connectivity index (χ1) is 13.0. The lowest BCUT2D eigenvalue weighted by molar-refractivity contribution is -0.125. The van der Waals surface area contributed by atoms with Gasteiger partial charge in [-0.25, -0.2) is 4.79 Å². The molecule has 0 saturated carbocycles. The topological polar surface area (TPSA) is 103 Å². The summed E-state index contributed by atoms with van der Waals surface area (Å²) in [6.07, 6.45) is 0. The Morgan fingerprint density at radius 2 is 1.56 bits per heavy atom. The maximum Gasteiger partial charge on any atom is 0.339 e. The monoisotopic (exact) mass is 372 g/mol. The molecule has 2 amide bonds. The molecule has 0 aliphatic carbocycles. The fourth-order valence-electron chi connectivity index (χ4n) is 2.19. The summed E-state index contributed by atoms with van der Waals surface area (Å²) in [6, 6.07) is 13.3. The zero-order valence-electron chi connectivity index (χ0n) is 15.0. The van der Waals surface area contributed by atoms with Gasteiger partial charge in [-0.15, -0.1) is 0 Å². The van der Waals surface area contributed by atoms with E-state index >= 15 is 0 Å². The van der Waals surface area contributed by atoms with Gasteiger partial charge in [-0.05, 0) is 24.3 Å². The van der Waals surface area contributed by atoms with E-state index in [2.05, 4.69) is 15.4 Å². The van der Waals surface area contributed by atoms with E-state index in [0.29, 0.717) is 17.2 Å². The van der Waals surface area contributed by atoms with Crippen LogP contribution in [0.25, 0.3) is 0 Å². The van der Waals surface area contributed by atoms with Crippen molar-refractivity contribution in [3.8, 4) is 11.5 Å². The van der Waals surface area contributed by atoms with E-state index in [1.54, 1.807) is 42.5 Å². The highest BCUT2D eigenvalue weighted by Crippen LogP contribution is 2.25. The van der Waals surface area contributed by atoms with Crippen LogP contribution in [0.3, 0.4) is 0 Å². The van der Waals surface area contributed by atoms with Gasteiger partial charge in [0, 0.05) is 0 Å². The van der Waals surface area contributed by atoms with Crippen LogP contribution >= 0.6 is 0 Å². The van der Waals surface area contributed by atoms with Gasteiger partial charge in [0.25, 0.3) is 5.91 Å². The summed E-state index contributed by atoms with van der Waals surface area (Å²) >= 11 is 0. The normalized spacial score (nSPS) is 9.85. The number of hydrogen-bond acceptors (Lipinski definition) is 6. The quantitative estimate of drug-likeness (QED) is 0.683. The van der Waals surface area contributed by atoms with Crippen LogP contribution in [0.15, 0.2) is 48.5 Å². The summed E-state index contributed by atoms with van der Waals surface area (Å²) in [6.45, 7) is -0.546. The Bertz CT molecular complexity index is 821. The Morgan fingerprint density at radius 3 is 2.26 bits per heavy atom. The number of carbonyl (C=O) groups is 3. The number of amides is 2. The molecule has 0 radical (unpaired) electrons. The smallest absolute Gasteiger partial charge is 0.339 e. The molecule has 0 fully saturated rings. The molecule has 0 aliphatic heterocycles. The second-order valence-electron chi connectivity index (χ2n) is 5.30. The largest absolute Gasteiger partial charge is 0.493 e. The van der Waals surface area contributed by atoms with Gasteiger partial charge in [-0.1, -0.05) is 24.3 Å². The summed E-state index contributed by atoms with van der Waals surface area (Å²) in [5.41, 5.74) is 0.521. The molecule has 0 aliphatic rings. The molecule has 0 saturated heterocycles. The Labute approximate surface area is 156 Å². The molecular weight excluding hydrogens is 352 g/mol. The minimum atomic E-state index is -0.569. The number of nitrogens with one attached hydrogen (secondary N) is 2. The number of carbonyl (C=O) groups excluding carboxylic acids is 3. The Kier molecular flexibility index (Phi) is 7.18. The van der Waals surface area contributed by atoms with Crippen molar-refractivity contribution in [3.05, 3.63) is 54.1 Å². The first-order valence-corrected chi connectivity index (χ1v) is 8.05. The molecule has 8 heteroatoms. The predicted molar refractivity (Wildman–Crippen MR) is 97.9 cm³/mol. The Hall–Kier alpha value is -3.55. The number of rotatable bonds is 8.